The molecule has 0 amide bonds. The maximum absolute atomic E-state index is 12.8. The summed E-state index contributed by atoms with van der Waals surface area (Å²) < 4.78 is 5.39. The van der Waals surface area contributed by atoms with Crippen LogP contribution in [0.3, 0.4) is 0 Å². The second-order valence-electron chi connectivity index (χ2n) is 9.22. The summed E-state index contributed by atoms with van der Waals surface area (Å²) in [4.78, 5) is 12.8. The molecule has 1 aromatic rings. The Morgan fingerprint density at radius 3 is 1.72 bits per heavy atom. The van der Waals surface area contributed by atoms with Crippen molar-refractivity contribution in [2.75, 3.05) is 6.61 Å². The molecule has 0 saturated heterocycles. The molecule has 1 unspecified atom stereocenters. The van der Waals surface area contributed by atoms with Gasteiger partial charge in [-0.1, -0.05) is 67.0 Å². The van der Waals surface area contributed by atoms with Crippen LogP contribution in [0.1, 0.15) is 91.8 Å². The number of rotatable bonds is 5. The summed E-state index contributed by atoms with van der Waals surface area (Å²) in [5.74, 6) is 0.147. The zero-order valence-corrected chi connectivity index (χ0v) is 17.5. The first kappa shape index (κ1) is 21.5. The van der Waals surface area contributed by atoms with Gasteiger partial charge in [-0.15, -0.1) is 0 Å². The van der Waals surface area contributed by atoms with Gasteiger partial charge >= 0.3 is 5.97 Å². The van der Waals surface area contributed by atoms with Crippen molar-refractivity contribution in [3.05, 3.63) is 28.8 Å². The maximum Gasteiger partial charge on any atom is 0.316 e. The Kier molecular flexibility index (Phi) is 6.36. The Labute approximate surface area is 153 Å². The first-order valence-electron chi connectivity index (χ1n) is 9.34. The van der Waals surface area contributed by atoms with Crippen LogP contribution >= 0.6 is 0 Å². The van der Waals surface area contributed by atoms with E-state index in [1.165, 1.54) is 0 Å². The molecule has 1 rings (SSSR count). The molecule has 1 N–H and O–H groups in total. The van der Waals surface area contributed by atoms with E-state index in [-0.39, 0.29) is 16.8 Å². The predicted molar refractivity (Wildman–Crippen MR) is 104 cm³/mol. The monoisotopic (exact) mass is 348 g/mol. The predicted octanol–water partition coefficient (Wildman–Crippen LogP) is 5.61. The fourth-order valence-corrected chi connectivity index (χ4v) is 3.25. The lowest BCUT2D eigenvalue weighted by molar-refractivity contribution is -0.149. The fraction of sp³-hybridized carbons (Fsp3) is 0.682. The quantitative estimate of drug-likeness (QED) is 0.704. The van der Waals surface area contributed by atoms with Crippen molar-refractivity contribution >= 4 is 5.97 Å². The number of carbonyl (C=O) groups excluding carboxylic acids is 1. The molecule has 142 valence electrons. The second-order valence-corrected chi connectivity index (χ2v) is 9.22. The summed E-state index contributed by atoms with van der Waals surface area (Å²) in [6.07, 6.45) is 1.59. The number of benzene rings is 1. The standard InChI is InChI=1S/C22H36O3/c1-10-12-22(9,19(24)25-11-2)15-13-16(20(3,4)5)18(23)17(14-15)21(6,7)8/h13-14,23H,10-12H2,1-9H3. The molecule has 0 aliphatic carbocycles. The third-order valence-corrected chi connectivity index (χ3v) is 4.84. The van der Waals surface area contributed by atoms with E-state index in [0.717, 1.165) is 23.1 Å². The van der Waals surface area contributed by atoms with Crippen LogP contribution in [-0.2, 0) is 25.8 Å². The number of phenols is 1. The molecule has 0 aromatic heterocycles. The van der Waals surface area contributed by atoms with Crippen LogP contribution < -0.4 is 0 Å². The molecular weight excluding hydrogens is 312 g/mol. The van der Waals surface area contributed by atoms with E-state index in [2.05, 4.69) is 48.5 Å². The molecule has 3 nitrogen and oxygen atoms in total. The minimum Gasteiger partial charge on any atom is -0.507 e. The van der Waals surface area contributed by atoms with Gasteiger partial charge in [-0.2, -0.15) is 0 Å². The first-order chi connectivity index (χ1) is 11.3. The van der Waals surface area contributed by atoms with Crippen LogP contribution in [0.5, 0.6) is 5.75 Å². The summed E-state index contributed by atoms with van der Waals surface area (Å²) in [6.45, 7) is 18.7. The third-order valence-electron chi connectivity index (χ3n) is 4.84. The van der Waals surface area contributed by atoms with Crippen molar-refractivity contribution in [3.63, 3.8) is 0 Å². The highest BCUT2D eigenvalue weighted by Crippen LogP contribution is 2.43. The van der Waals surface area contributed by atoms with E-state index in [9.17, 15) is 9.90 Å². The van der Waals surface area contributed by atoms with Crippen LogP contribution in [-0.4, -0.2) is 17.7 Å². The average Bonchev–Trinajstić information content (AvgIpc) is 2.45. The number of hydrogen-bond acceptors (Lipinski definition) is 3. The molecule has 0 fully saturated rings. The molecule has 1 atom stereocenters. The second kappa shape index (κ2) is 7.39. The highest BCUT2D eigenvalue weighted by Gasteiger charge is 2.38. The number of carbonyl (C=O) groups is 1. The molecule has 0 aliphatic rings. The Morgan fingerprint density at radius 2 is 1.40 bits per heavy atom. The largest absolute Gasteiger partial charge is 0.507 e. The molecule has 0 spiro atoms. The van der Waals surface area contributed by atoms with Gasteiger partial charge < -0.3 is 9.84 Å². The Hall–Kier alpha value is -1.51. The lowest BCUT2D eigenvalue weighted by atomic mass is 9.72. The third kappa shape index (κ3) is 4.56. The van der Waals surface area contributed by atoms with Crippen LogP contribution in [0.4, 0.5) is 0 Å². The van der Waals surface area contributed by atoms with Gasteiger partial charge in [-0.25, -0.2) is 0 Å². The summed E-state index contributed by atoms with van der Waals surface area (Å²) in [5.41, 5.74) is 1.53. The topological polar surface area (TPSA) is 46.5 Å². The zero-order valence-electron chi connectivity index (χ0n) is 17.5. The number of esters is 1. The van der Waals surface area contributed by atoms with E-state index < -0.39 is 5.41 Å². The van der Waals surface area contributed by atoms with E-state index in [1.54, 1.807) is 0 Å². The van der Waals surface area contributed by atoms with Crippen molar-refractivity contribution in [1.82, 2.24) is 0 Å². The smallest absolute Gasteiger partial charge is 0.316 e. The normalized spacial score (nSPS) is 14.9. The summed E-state index contributed by atoms with van der Waals surface area (Å²) in [5, 5.41) is 10.9. The zero-order chi connectivity index (χ0) is 19.6. The highest BCUT2D eigenvalue weighted by atomic mass is 16.5. The molecule has 3 heteroatoms. The summed E-state index contributed by atoms with van der Waals surface area (Å²) >= 11 is 0. The van der Waals surface area contributed by atoms with Crippen molar-refractivity contribution in [2.45, 2.75) is 91.4 Å². The molecule has 0 heterocycles. The van der Waals surface area contributed by atoms with Crippen molar-refractivity contribution < 1.29 is 14.6 Å². The lowest BCUT2D eigenvalue weighted by Gasteiger charge is -2.33. The van der Waals surface area contributed by atoms with Gasteiger partial charge in [0, 0.05) is 0 Å². The summed E-state index contributed by atoms with van der Waals surface area (Å²) in [6, 6.07) is 3.99. The fourth-order valence-electron chi connectivity index (χ4n) is 3.25. The Morgan fingerprint density at radius 1 is 0.960 bits per heavy atom. The van der Waals surface area contributed by atoms with Crippen molar-refractivity contribution in [2.24, 2.45) is 0 Å². The van der Waals surface area contributed by atoms with Gasteiger partial charge in [-0.3, -0.25) is 4.79 Å². The van der Waals surface area contributed by atoms with E-state index in [1.807, 2.05) is 26.0 Å². The van der Waals surface area contributed by atoms with Crippen molar-refractivity contribution in [3.8, 4) is 5.75 Å². The van der Waals surface area contributed by atoms with Gasteiger partial charge in [-0.05, 0) is 47.8 Å². The highest BCUT2D eigenvalue weighted by molar-refractivity contribution is 5.83. The molecule has 0 bridgehead atoms. The van der Waals surface area contributed by atoms with E-state index in [0.29, 0.717) is 18.8 Å². The molecular formula is C22H36O3. The number of phenolic OH excluding ortho intramolecular Hbond substituents is 1. The molecule has 0 radical (unpaired) electrons. The molecule has 0 saturated carbocycles. The lowest BCUT2D eigenvalue weighted by Crippen LogP contribution is -2.35. The minimum absolute atomic E-state index is 0.192. The number of ether oxygens (including phenoxy) is 1. The van der Waals surface area contributed by atoms with E-state index in [4.69, 9.17) is 4.74 Å². The van der Waals surface area contributed by atoms with Crippen molar-refractivity contribution in [1.29, 1.82) is 0 Å². The summed E-state index contributed by atoms with van der Waals surface area (Å²) in [7, 11) is 0. The Bertz CT molecular complexity index is 582. The maximum atomic E-state index is 12.8. The number of hydrogen-bond donors (Lipinski definition) is 1. The average molecular weight is 349 g/mol. The van der Waals surface area contributed by atoms with Crippen LogP contribution in [0.15, 0.2) is 12.1 Å². The van der Waals surface area contributed by atoms with Crippen LogP contribution in [0.25, 0.3) is 0 Å². The minimum atomic E-state index is -0.710. The van der Waals surface area contributed by atoms with Gasteiger partial charge in [0.2, 0.25) is 0 Å². The SMILES string of the molecule is CCCC(C)(C(=O)OCC)c1cc(C(C)(C)C)c(O)c(C(C)(C)C)c1. The Balaban J connectivity index is 3.75. The first-order valence-corrected chi connectivity index (χ1v) is 9.34. The molecule has 25 heavy (non-hydrogen) atoms. The molecule has 1 aromatic carbocycles. The molecule has 0 aliphatic heterocycles. The number of aromatic hydroxyl groups is 1. The van der Waals surface area contributed by atoms with Gasteiger partial charge in [0.15, 0.2) is 0 Å². The van der Waals surface area contributed by atoms with Gasteiger partial charge in [0.25, 0.3) is 0 Å². The van der Waals surface area contributed by atoms with E-state index >= 15 is 0 Å². The van der Waals surface area contributed by atoms with Gasteiger partial charge in [0.05, 0.1) is 12.0 Å². The van der Waals surface area contributed by atoms with Gasteiger partial charge in [0.1, 0.15) is 5.75 Å². The van der Waals surface area contributed by atoms with Crippen LogP contribution in [0, 0.1) is 0 Å². The van der Waals surface area contributed by atoms with Crippen LogP contribution in [0.2, 0.25) is 0 Å².